The Bertz CT molecular complexity index is 1080. The summed E-state index contributed by atoms with van der Waals surface area (Å²) in [6.45, 7) is 8.07. The Morgan fingerprint density at radius 2 is 1.83 bits per heavy atom. The molecule has 2 aliphatic heterocycles. The summed E-state index contributed by atoms with van der Waals surface area (Å²) >= 11 is 0. The molecule has 2 aromatic carbocycles. The van der Waals surface area contributed by atoms with Crippen LogP contribution in [-0.2, 0) is 14.3 Å². The first-order valence-electron chi connectivity index (χ1n) is 12.3. The fraction of sp³-hybridized carbons (Fsp3) is 0.444. The summed E-state index contributed by atoms with van der Waals surface area (Å²) in [5.74, 6) is 0.637. The molecule has 0 aliphatic carbocycles. The zero-order chi connectivity index (χ0) is 25.5. The molecule has 36 heavy (non-hydrogen) atoms. The molecule has 192 valence electrons. The Morgan fingerprint density at radius 1 is 1.08 bits per heavy atom. The largest absolute Gasteiger partial charge is 0.485 e. The molecular weight excluding hydrogens is 462 g/mol. The lowest BCUT2D eigenvalue weighted by Crippen LogP contribution is -2.47. The predicted octanol–water partition coefficient (Wildman–Crippen LogP) is 2.25. The number of amides is 2. The molecule has 1 fully saturated rings. The van der Waals surface area contributed by atoms with Gasteiger partial charge in [-0.25, -0.2) is 0 Å². The fourth-order valence-corrected chi connectivity index (χ4v) is 4.11. The number of ketones is 1. The Kier molecular flexibility index (Phi) is 8.56. The first kappa shape index (κ1) is 25.7. The number of nitrogens with one attached hydrogen (secondary N) is 1. The third kappa shape index (κ3) is 6.61. The molecule has 0 saturated carbocycles. The van der Waals surface area contributed by atoms with E-state index < -0.39 is 0 Å². The first-order chi connectivity index (χ1) is 17.4. The van der Waals surface area contributed by atoms with Crippen LogP contribution in [0.4, 0.5) is 5.69 Å². The summed E-state index contributed by atoms with van der Waals surface area (Å²) in [6.07, 6.45) is 0. The van der Waals surface area contributed by atoms with E-state index in [1.807, 2.05) is 24.3 Å². The number of carbonyl (C=O) groups excluding carboxylic acids is 3. The van der Waals surface area contributed by atoms with Gasteiger partial charge in [0.2, 0.25) is 5.91 Å². The van der Waals surface area contributed by atoms with Crippen molar-refractivity contribution in [3.8, 4) is 11.5 Å². The van der Waals surface area contributed by atoms with Gasteiger partial charge >= 0.3 is 0 Å². The average molecular weight is 496 g/mol. The zero-order valence-corrected chi connectivity index (χ0v) is 20.8. The first-order valence-corrected chi connectivity index (χ1v) is 12.3. The number of fused-ring (bicyclic) bond motifs is 1. The van der Waals surface area contributed by atoms with E-state index in [2.05, 4.69) is 24.1 Å². The van der Waals surface area contributed by atoms with Gasteiger partial charge in [-0.05, 0) is 41.8 Å². The standard InChI is InChI=1S/C27H33N3O6/c1-19(2)20-3-6-22(7-4-20)35-17-24(31)21-5-8-25-23(15-21)30(27(33)18-36-25)16-26(32)28-9-10-29-11-13-34-14-12-29/h3-8,15,19H,9-14,16-18H2,1-2H3,(H,28,32). The van der Waals surface area contributed by atoms with Crippen molar-refractivity contribution in [3.05, 3.63) is 53.6 Å². The van der Waals surface area contributed by atoms with E-state index in [-0.39, 0.29) is 37.4 Å². The van der Waals surface area contributed by atoms with Crippen LogP contribution in [0.3, 0.4) is 0 Å². The van der Waals surface area contributed by atoms with Crippen LogP contribution in [0.15, 0.2) is 42.5 Å². The second-order valence-corrected chi connectivity index (χ2v) is 9.19. The summed E-state index contributed by atoms with van der Waals surface area (Å²) in [7, 11) is 0. The number of ether oxygens (including phenoxy) is 3. The summed E-state index contributed by atoms with van der Waals surface area (Å²) in [5, 5.41) is 2.87. The van der Waals surface area contributed by atoms with Gasteiger partial charge in [-0.3, -0.25) is 24.2 Å². The van der Waals surface area contributed by atoms with Gasteiger partial charge in [-0.2, -0.15) is 0 Å². The molecule has 0 bridgehead atoms. The molecule has 0 radical (unpaired) electrons. The number of benzene rings is 2. The van der Waals surface area contributed by atoms with Crippen molar-refractivity contribution in [2.24, 2.45) is 0 Å². The maximum absolute atomic E-state index is 12.8. The number of hydrogen-bond acceptors (Lipinski definition) is 7. The van der Waals surface area contributed by atoms with Crippen LogP contribution in [0.2, 0.25) is 0 Å². The highest BCUT2D eigenvalue weighted by atomic mass is 16.5. The van der Waals surface area contributed by atoms with Gasteiger partial charge in [-0.1, -0.05) is 26.0 Å². The van der Waals surface area contributed by atoms with E-state index in [1.165, 1.54) is 10.5 Å². The minimum atomic E-state index is -0.336. The van der Waals surface area contributed by atoms with Crippen molar-refractivity contribution in [2.75, 3.05) is 64.1 Å². The van der Waals surface area contributed by atoms with Crippen molar-refractivity contribution < 1.29 is 28.6 Å². The molecular formula is C27H33N3O6. The molecule has 4 rings (SSSR count). The molecule has 1 N–H and O–H groups in total. The van der Waals surface area contributed by atoms with Gasteiger partial charge in [0.15, 0.2) is 19.0 Å². The summed E-state index contributed by atoms with van der Waals surface area (Å²) in [6, 6.07) is 12.5. The maximum Gasteiger partial charge on any atom is 0.265 e. The quantitative estimate of drug-likeness (QED) is 0.505. The van der Waals surface area contributed by atoms with E-state index in [9.17, 15) is 14.4 Å². The topological polar surface area (TPSA) is 97.4 Å². The zero-order valence-electron chi connectivity index (χ0n) is 20.8. The highest BCUT2D eigenvalue weighted by Gasteiger charge is 2.28. The number of hydrogen-bond donors (Lipinski definition) is 1. The van der Waals surface area contributed by atoms with E-state index >= 15 is 0 Å². The maximum atomic E-state index is 12.8. The van der Waals surface area contributed by atoms with Crippen LogP contribution in [0.1, 0.15) is 35.7 Å². The van der Waals surface area contributed by atoms with Crippen LogP contribution in [0.5, 0.6) is 11.5 Å². The third-order valence-electron chi connectivity index (χ3n) is 6.30. The molecule has 2 amide bonds. The highest BCUT2D eigenvalue weighted by molar-refractivity contribution is 6.04. The van der Waals surface area contributed by atoms with Gasteiger partial charge in [0.25, 0.3) is 5.91 Å². The van der Waals surface area contributed by atoms with E-state index in [0.717, 1.165) is 19.6 Å². The van der Waals surface area contributed by atoms with Gasteiger partial charge in [0.05, 0.1) is 18.9 Å². The predicted molar refractivity (Wildman–Crippen MR) is 135 cm³/mol. The lowest BCUT2D eigenvalue weighted by molar-refractivity contribution is -0.125. The molecule has 1 saturated heterocycles. The number of nitrogens with zero attached hydrogens (tertiary/aromatic N) is 2. The number of Topliss-reactive ketones (excluding diaryl/α,β-unsaturated/α-hetero) is 1. The highest BCUT2D eigenvalue weighted by Crippen LogP contribution is 2.33. The summed E-state index contributed by atoms with van der Waals surface area (Å²) in [4.78, 5) is 41.6. The minimum Gasteiger partial charge on any atom is -0.485 e. The lowest BCUT2D eigenvalue weighted by atomic mass is 10.0. The number of rotatable bonds is 10. The molecule has 2 heterocycles. The minimum absolute atomic E-state index is 0.142. The normalized spacial score (nSPS) is 15.9. The van der Waals surface area contributed by atoms with Crippen molar-refractivity contribution in [1.29, 1.82) is 0 Å². The molecule has 2 aliphatic rings. The third-order valence-corrected chi connectivity index (χ3v) is 6.30. The molecule has 9 heteroatoms. The van der Waals surface area contributed by atoms with Crippen LogP contribution < -0.4 is 19.7 Å². The van der Waals surface area contributed by atoms with Crippen molar-refractivity contribution in [2.45, 2.75) is 19.8 Å². The van der Waals surface area contributed by atoms with Gasteiger partial charge in [0, 0.05) is 31.7 Å². The average Bonchev–Trinajstić information content (AvgIpc) is 2.89. The molecule has 0 aromatic heterocycles. The van der Waals surface area contributed by atoms with Gasteiger partial charge in [0.1, 0.15) is 18.0 Å². The van der Waals surface area contributed by atoms with E-state index in [4.69, 9.17) is 14.2 Å². The van der Waals surface area contributed by atoms with Gasteiger partial charge in [-0.15, -0.1) is 0 Å². The van der Waals surface area contributed by atoms with Crippen molar-refractivity contribution in [3.63, 3.8) is 0 Å². The van der Waals surface area contributed by atoms with Crippen LogP contribution in [0.25, 0.3) is 0 Å². The Balaban J connectivity index is 1.35. The Hall–Kier alpha value is -3.43. The smallest absolute Gasteiger partial charge is 0.265 e. The Morgan fingerprint density at radius 3 is 2.56 bits per heavy atom. The van der Waals surface area contributed by atoms with Crippen LogP contribution in [0, 0.1) is 0 Å². The summed E-state index contributed by atoms with van der Waals surface area (Å²) in [5.41, 5.74) is 1.98. The fourth-order valence-electron chi connectivity index (χ4n) is 4.11. The van der Waals surface area contributed by atoms with E-state index in [1.54, 1.807) is 18.2 Å². The summed E-state index contributed by atoms with van der Waals surface area (Å²) < 4.78 is 16.5. The number of anilines is 1. The molecule has 0 atom stereocenters. The SMILES string of the molecule is CC(C)c1ccc(OCC(=O)c2ccc3c(c2)N(CC(=O)NCCN2CCOCC2)C(=O)CO3)cc1. The number of carbonyl (C=O) groups is 3. The van der Waals surface area contributed by atoms with Crippen molar-refractivity contribution in [1.82, 2.24) is 10.2 Å². The number of morpholine rings is 1. The van der Waals surface area contributed by atoms with Gasteiger partial charge < -0.3 is 19.5 Å². The molecule has 9 nitrogen and oxygen atoms in total. The van der Waals surface area contributed by atoms with Crippen LogP contribution >= 0.6 is 0 Å². The van der Waals surface area contributed by atoms with Crippen molar-refractivity contribution >= 4 is 23.3 Å². The molecule has 0 unspecified atom stereocenters. The second-order valence-electron chi connectivity index (χ2n) is 9.19. The van der Waals surface area contributed by atoms with E-state index in [0.29, 0.717) is 48.4 Å². The molecule has 2 aromatic rings. The Labute approximate surface area is 211 Å². The molecule has 0 spiro atoms. The lowest BCUT2D eigenvalue weighted by Gasteiger charge is -2.29. The second kappa shape index (κ2) is 12.0. The van der Waals surface area contributed by atoms with Crippen LogP contribution in [-0.4, -0.2) is 81.6 Å². The monoisotopic (exact) mass is 495 g/mol.